The van der Waals surface area contributed by atoms with Crippen molar-refractivity contribution in [3.05, 3.63) is 35.4 Å². The van der Waals surface area contributed by atoms with Gasteiger partial charge in [-0.05, 0) is 12.5 Å². The molecule has 3 amide bonds. The van der Waals surface area contributed by atoms with E-state index in [-0.39, 0.29) is 38.1 Å². The minimum atomic E-state index is -0.714. The number of aryl methyl sites for hydroxylation is 1. The Morgan fingerprint density at radius 3 is 2.29 bits per heavy atom. The molecule has 0 spiro atoms. The second-order valence-corrected chi connectivity index (χ2v) is 5.77. The molecule has 24 heavy (non-hydrogen) atoms. The number of benzene rings is 1. The highest BCUT2D eigenvalue weighted by atomic mass is 16.7. The summed E-state index contributed by atoms with van der Waals surface area (Å²) in [6.07, 6.45) is 0.268. The van der Waals surface area contributed by atoms with Gasteiger partial charge in [0.15, 0.2) is 0 Å². The van der Waals surface area contributed by atoms with Crippen LogP contribution < -0.4 is 0 Å². The van der Waals surface area contributed by atoms with Crippen LogP contribution in [0, 0.1) is 6.92 Å². The molecule has 0 aromatic heterocycles. The fraction of sp³-hybridized carbons (Fsp3) is 0.412. The van der Waals surface area contributed by atoms with E-state index in [1.165, 1.54) is 4.90 Å². The molecule has 1 aliphatic heterocycles. The summed E-state index contributed by atoms with van der Waals surface area (Å²) in [6, 6.07) is 7.65. The second kappa shape index (κ2) is 7.72. The normalized spacial score (nSPS) is 14.0. The summed E-state index contributed by atoms with van der Waals surface area (Å²) in [5, 5.41) is 0.510. The van der Waals surface area contributed by atoms with Crippen LogP contribution in [0.4, 0.5) is 0 Å². The number of carbonyl (C=O) groups excluding carboxylic acids is 4. The van der Waals surface area contributed by atoms with E-state index < -0.39 is 17.8 Å². The van der Waals surface area contributed by atoms with E-state index in [9.17, 15) is 19.2 Å². The number of amides is 3. The van der Waals surface area contributed by atoms with Crippen LogP contribution in [0.2, 0.25) is 0 Å². The molecule has 1 aromatic carbocycles. The van der Waals surface area contributed by atoms with Crippen LogP contribution in [0.1, 0.15) is 30.4 Å². The summed E-state index contributed by atoms with van der Waals surface area (Å²) < 4.78 is 0. The highest BCUT2D eigenvalue weighted by Crippen LogP contribution is 2.12. The molecule has 7 nitrogen and oxygen atoms in total. The minimum absolute atomic E-state index is 0.0566. The first-order chi connectivity index (χ1) is 11.4. The van der Waals surface area contributed by atoms with Crippen LogP contribution in [0.25, 0.3) is 0 Å². The maximum absolute atomic E-state index is 12.1. The van der Waals surface area contributed by atoms with Gasteiger partial charge in [-0.3, -0.25) is 14.4 Å². The zero-order chi connectivity index (χ0) is 17.7. The lowest BCUT2D eigenvalue weighted by molar-refractivity contribution is -0.197. The van der Waals surface area contributed by atoms with Crippen molar-refractivity contribution in [2.24, 2.45) is 0 Å². The molecule has 2 rings (SSSR count). The lowest BCUT2D eigenvalue weighted by Crippen LogP contribution is -2.35. The molecular formula is C17H20N2O5. The molecule has 1 saturated heterocycles. The third-order valence-electron chi connectivity index (χ3n) is 3.75. The predicted octanol–water partition coefficient (Wildman–Crippen LogP) is 0.993. The Morgan fingerprint density at radius 2 is 1.71 bits per heavy atom. The lowest BCUT2D eigenvalue weighted by atomic mass is 10.1. The van der Waals surface area contributed by atoms with Gasteiger partial charge in [0, 0.05) is 26.4 Å². The van der Waals surface area contributed by atoms with E-state index >= 15 is 0 Å². The predicted molar refractivity (Wildman–Crippen MR) is 84.3 cm³/mol. The van der Waals surface area contributed by atoms with Crippen molar-refractivity contribution in [3.63, 3.8) is 0 Å². The van der Waals surface area contributed by atoms with Crippen molar-refractivity contribution < 1.29 is 24.0 Å². The van der Waals surface area contributed by atoms with Crippen LogP contribution in [0.15, 0.2) is 24.3 Å². The molecule has 1 aromatic rings. The first-order valence-electron chi connectivity index (χ1n) is 7.73. The number of carbonyl (C=O) groups is 4. The van der Waals surface area contributed by atoms with Crippen LogP contribution >= 0.6 is 0 Å². The van der Waals surface area contributed by atoms with E-state index in [1.807, 2.05) is 31.2 Å². The molecule has 0 atom stereocenters. The average molecular weight is 332 g/mol. The number of hydrogen-bond donors (Lipinski definition) is 0. The maximum Gasteiger partial charge on any atom is 0.334 e. The van der Waals surface area contributed by atoms with E-state index in [0.29, 0.717) is 5.06 Å². The molecule has 0 aliphatic carbocycles. The minimum Gasteiger partial charge on any atom is -0.345 e. The standard InChI is InChI=1S/C17H20N2O5/c1-12-3-5-13(6-4-12)11-16(22)18(2)10-9-17(23)24-19-14(20)7-8-15(19)21/h3-6H,7-11H2,1-2H3. The van der Waals surface area contributed by atoms with E-state index in [2.05, 4.69) is 0 Å². The molecule has 0 N–H and O–H groups in total. The van der Waals surface area contributed by atoms with Gasteiger partial charge in [-0.25, -0.2) is 4.79 Å². The Bertz CT molecular complexity index is 637. The fourth-order valence-corrected chi connectivity index (χ4v) is 2.20. The van der Waals surface area contributed by atoms with Gasteiger partial charge in [0.25, 0.3) is 11.8 Å². The Labute approximate surface area is 140 Å². The molecule has 1 aliphatic rings. The van der Waals surface area contributed by atoms with Gasteiger partial charge in [-0.15, -0.1) is 5.06 Å². The molecule has 0 bridgehead atoms. The summed E-state index contributed by atoms with van der Waals surface area (Å²) in [5.41, 5.74) is 2.02. The van der Waals surface area contributed by atoms with E-state index in [0.717, 1.165) is 11.1 Å². The summed E-state index contributed by atoms with van der Waals surface area (Å²) >= 11 is 0. The largest absolute Gasteiger partial charge is 0.345 e. The van der Waals surface area contributed by atoms with Crippen molar-refractivity contribution in [2.75, 3.05) is 13.6 Å². The number of imide groups is 1. The van der Waals surface area contributed by atoms with Crippen molar-refractivity contribution in [2.45, 2.75) is 32.6 Å². The van der Waals surface area contributed by atoms with Gasteiger partial charge < -0.3 is 9.74 Å². The summed E-state index contributed by atoms with van der Waals surface area (Å²) in [7, 11) is 1.59. The molecule has 128 valence electrons. The average Bonchev–Trinajstić information content (AvgIpc) is 2.86. The Kier molecular flexibility index (Phi) is 5.68. The zero-order valence-electron chi connectivity index (χ0n) is 13.8. The molecule has 0 unspecified atom stereocenters. The molecular weight excluding hydrogens is 312 g/mol. The highest BCUT2D eigenvalue weighted by Gasteiger charge is 2.32. The number of likely N-dealkylation sites (N-methyl/N-ethyl adjacent to an activating group) is 1. The van der Waals surface area contributed by atoms with Gasteiger partial charge in [0.05, 0.1) is 12.8 Å². The molecule has 0 radical (unpaired) electrons. The number of rotatable bonds is 6. The quantitative estimate of drug-likeness (QED) is 0.726. The van der Waals surface area contributed by atoms with Gasteiger partial charge in [0.1, 0.15) is 0 Å². The maximum atomic E-state index is 12.1. The van der Waals surface area contributed by atoms with Crippen LogP contribution in [-0.4, -0.2) is 47.2 Å². The smallest absolute Gasteiger partial charge is 0.334 e. The third-order valence-corrected chi connectivity index (χ3v) is 3.75. The third kappa shape index (κ3) is 4.65. The Morgan fingerprint density at radius 1 is 1.12 bits per heavy atom. The van der Waals surface area contributed by atoms with E-state index in [4.69, 9.17) is 4.84 Å². The second-order valence-electron chi connectivity index (χ2n) is 5.77. The van der Waals surface area contributed by atoms with Crippen molar-refractivity contribution in [1.29, 1.82) is 0 Å². The summed E-state index contributed by atoms with van der Waals surface area (Å²) in [6.45, 7) is 2.12. The first-order valence-corrected chi connectivity index (χ1v) is 7.73. The molecule has 0 saturated carbocycles. The van der Waals surface area contributed by atoms with Crippen molar-refractivity contribution >= 4 is 23.7 Å². The molecule has 7 heteroatoms. The Hall–Kier alpha value is -2.70. The van der Waals surface area contributed by atoms with E-state index in [1.54, 1.807) is 7.05 Å². The monoisotopic (exact) mass is 332 g/mol. The zero-order valence-corrected chi connectivity index (χ0v) is 13.8. The van der Waals surface area contributed by atoms with Crippen LogP contribution in [-0.2, 0) is 30.4 Å². The first kappa shape index (κ1) is 17.7. The number of hydrogen-bond acceptors (Lipinski definition) is 5. The van der Waals surface area contributed by atoms with Crippen LogP contribution in [0.5, 0.6) is 0 Å². The topological polar surface area (TPSA) is 84.0 Å². The molecule has 1 heterocycles. The van der Waals surface area contributed by atoms with Gasteiger partial charge in [-0.1, -0.05) is 29.8 Å². The number of hydroxylamine groups is 2. The Balaban J connectivity index is 1.77. The lowest BCUT2D eigenvalue weighted by Gasteiger charge is -2.18. The highest BCUT2D eigenvalue weighted by molar-refractivity contribution is 6.01. The SMILES string of the molecule is Cc1ccc(CC(=O)N(C)CCC(=O)ON2C(=O)CCC2=O)cc1. The summed E-state index contributed by atoms with van der Waals surface area (Å²) in [4.78, 5) is 52.7. The van der Waals surface area contributed by atoms with Gasteiger partial charge >= 0.3 is 5.97 Å². The molecule has 1 fully saturated rings. The van der Waals surface area contributed by atoms with Gasteiger partial charge in [0.2, 0.25) is 5.91 Å². The van der Waals surface area contributed by atoms with Gasteiger partial charge in [-0.2, -0.15) is 0 Å². The van der Waals surface area contributed by atoms with Crippen molar-refractivity contribution in [3.8, 4) is 0 Å². The van der Waals surface area contributed by atoms with Crippen LogP contribution in [0.3, 0.4) is 0 Å². The summed E-state index contributed by atoms with van der Waals surface area (Å²) in [5.74, 6) is -1.87. The van der Waals surface area contributed by atoms with Crippen molar-refractivity contribution in [1.82, 2.24) is 9.96 Å². The fourth-order valence-electron chi connectivity index (χ4n) is 2.20. The number of nitrogens with zero attached hydrogens (tertiary/aromatic N) is 2.